The zero-order valence-corrected chi connectivity index (χ0v) is 13.5. The third-order valence-corrected chi connectivity index (χ3v) is 3.94. The fourth-order valence-electron chi connectivity index (χ4n) is 2.55. The first-order valence-electron chi connectivity index (χ1n) is 7.97. The molecule has 2 aromatic carbocycles. The SMILES string of the molecule is CCc1ccc(-c2noc(-c3ccccc3CCNC)n2)cc1. The monoisotopic (exact) mass is 307 g/mol. The zero-order valence-electron chi connectivity index (χ0n) is 13.5. The highest BCUT2D eigenvalue weighted by Crippen LogP contribution is 2.25. The second-order valence-electron chi connectivity index (χ2n) is 5.48. The lowest BCUT2D eigenvalue weighted by Crippen LogP contribution is -2.10. The molecule has 4 heteroatoms. The Morgan fingerprint density at radius 3 is 2.57 bits per heavy atom. The molecule has 0 fully saturated rings. The number of nitrogens with zero attached hydrogens (tertiary/aromatic N) is 2. The number of hydrogen-bond donors (Lipinski definition) is 1. The van der Waals surface area contributed by atoms with Crippen molar-refractivity contribution in [2.75, 3.05) is 13.6 Å². The van der Waals surface area contributed by atoms with Crippen molar-refractivity contribution in [2.24, 2.45) is 0 Å². The molecular formula is C19H21N3O. The Kier molecular flexibility index (Phi) is 4.83. The molecule has 0 unspecified atom stereocenters. The Labute approximate surface area is 136 Å². The van der Waals surface area contributed by atoms with Crippen LogP contribution in [0.1, 0.15) is 18.1 Å². The van der Waals surface area contributed by atoms with E-state index in [4.69, 9.17) is 4.52 Å². The van der Waals surface area contributed by atoms with E-state index in [1.807, 2.05) is 37.4 Å². The lowest BCUT2D eigenvalue weighted by Gasteiger charge is -2.05. The van der Waals surface area contributed by atoms with Gasteiger partial charge < -0.3 is 9.84 Å². The van der Waals surface area contributed by atoms with E-state index in [1.54, 1.807) is 0 Å². The topological polar surface area (TPSA) is 51.0 Å². The summed E-state index contributed by atoms with van der Waals surface area (Å²) in [5.74, 6) is 1.21. The van der Waals surface area contributed by atoms with Gasteiger partial charge in [0.2, 0.25) is 5.82 Å². The van der Waals surface area contributed by atoms with Gasteiger partial charge in [-0.1, -0.05) is 54.5 Å². The molecule has 0 amide bonds. The molecule has 0 aliphatic carbocycles. The summed E-state index contributed by atoms with van der Waals surface area (Å²) in [5.41, 5.74) is 4.49. The molecule has 1 aromatic heterocycles. The van der Waals surface area contributed by atoms with Gasteiger partial charge in [-0.05, 0) is 43.6 Å². The van der Waals surface area contributed by atoms with Gasteiger partial charge in [-0.15, -0.1) is 0 Å². The summed E-state index contributed by atoms with van der Waals surface area (Å²) in [6.07, 6.45) is 1.95. The average Bonchev–Trinajstić information content (AvgIpc) is 3.10. The highest BCUT2D eigenvalue weighted by molar-refractivity contribution is 5.62. The van der Waals surface area contributed by atoms with Crippen molar-refractivity contribution in [1.29, 1.82) is 0 Å². The smallest absolute Gasteiger partial charge is 0.258 e. The lowest BCUT2D eigenvalue weighted by atomic mass is 10.0. The van der Waals surface area contributed by atoms with Gasteiger partial charge in [0.25, 0.3) is 5.89 Å². The highest BCUT2D eigenvalue weighted by atomic mass is 16.5. The number of aromatic nitrogens is 2. The van der Waals surface area contributed by atoms with Crippen LogP contribution in [0.5, 0.6) is 0 Å². The third-order valence-electron chi connectivity index (χ3n) is 3.94. The van der Waals surface area contributed by atoms with Gasteiger partial charge in [-0.2, -0.15) is 4.98 Å². The summed E-state index contributed by atoms with van der Waals surface area (Å²) in [7, 11) is 1.95. The highest BCUT2D eigenvalue weighted by Gasteiger charge is 2.13. The molecule has 0 aliphatic heterocycles. The largest absolute Gasteiger partial charge is 0.334 e. The molecule has 0 saturated carbocycles. The Balaban J connectivity index is 1.89. The first kappa shape index (κ1) is 15.4. The van der Waals surface area contributed by atoms with Gasteiger partial charge in [-0.25, -0.2) is 0 Å². The molecule has 3 rings (SSSR count). The maximum Gasteiger partial charge on any atom is 0.258 e. The van der Waals surface area contributed by atoms with Crippen molar-refractivity contribution in [1.82, 2.24) is 15.5 Å². The van der Waals surface area contributed by atoms with E-state index in [9.17, 15) is 0 Å². The second kappa shape index (κ2) is 7.20. The first-order valence-corrected chi connectivity index (χ1v) is 7.97. The minimum absolute atomic E-state index is 0.575. The predicted octanol–water partition coefficient (Wildman–Crippen LogP) is 3.73. The number of nitrogens with one attached hydrogen (secondary N) is 1. The minimum Gasteiger partial charge on any atom is -0.334 e. The maximum atomic E-state index is 5.50. The fourth-order valence-corrected chi connectivity index (χ4v) is 2.55. The zero-order chi connectivity index (χ0) is 16.1. The number of aryl methyl sites for hydroxylation is 1. The van der Waals surface area contributed by atoms with Crippen molar-refractivity contribution in [3.05, 3.63) is 59.7 Å². The van der Waals surface area contributed by atoms with Crippen molar-refractivity contribution in [3.8, 4) is 22.8 Å². The molecule has 0 aliphatic rings. The van der Waals surface area contributed by atoms with Crippen molar-refractivity contribution < 1.29 is 4.52 Å². The Morgan fingerprint density at radius 1 is 1.04 bits per heavy atom. The molecule has 1 N–H and O–H groups in total. The molecule has 0 saturated heterocycles. The van der Waals surface area contributed by atoms with Gasteiger partial charge >= 0.3 is 0 Å². The van der Waals surface area contributed by atoms with Crippen LogP contribution in [0, 0.1) is 0 Å². The Bertz CT molecular complexity index is 762. The van der Waals surface area contributed by atoms with Crippen LogP contribution in [-0.2, 0) is 12.8 Å². The van der Waals surface area contributed by atoms with E-state index in [0.717, 1.165) is 30.5 Å². The van der Waals surface area contributed by atoms with Gasteiger partial charge in [-0.3, -0.25) is 0 Å². The molecule has 1 heterocycles. The van der Waals surface area contributed by atoms with E-state index in [0.29, 0.717) is 11.7 Å². The summed E-state index contributed by atoms with van der Waals surface area (Å²) in [5, 5.41) is 7.31. The molecule has 3 aromatic rings. The molecule has 0 radical (unpaired) electrons. The van der Waals surface area contributed by atoms with Crippen molar-refractivity contribution >= 4 is 0 Å². The normalized spacial score (nSPS) is 10.9. The standard InChI is InChI=1S/C19H21N3O/c1-3-14-8-10-16(11-9-14)18-21-19(23-22-18)17-7-5-4-6-15(17)12-13-20-2/h4-11,20H,3,12-13H2,1-2H3. The number of benzene rings is 2. The van der Waals surface area contributed by atoms with E-state index >= 15 is 0 Å². The quantitative estimate of drug-likeness (QED) is 0.754. The fraction of sp³-hybridized carbons (Fsp3) is 0.263. The second-order valence-corrected chi connectivity index (χ2v) is 5.48. The molecule has 118 valence electrons. The molecular weight excluding hydrogens is 286 g/mol. The molecule has 4 nitrogen and oxygen atoms in total. The first-order chi connectivity index (χ1) is 11.3. The van der Waals surface area contributed by atoms with Crippen LogP contribution in [0.2, 0.25) is 0 Å². The summed E-state index contributed by atoms with van der Waals surface area (Å²) in [6.45, 7) is 3.06. The summed E-state index contributed by atoms with van der Waals surface area (Å²) in [6, 6.07) is 16.5. The van der Waals surface area contributed by atoms with Crippen molar-refractivity contribution in [2.45, 2.75) is 19.8 Å². The minimum atomic E-state index is 0.575. The Hall–Kier alpha value is -2.46. The van der Waals surface area contributed by atoms with Gasteiger partial charge in [0.05, 0.1) is 0 Å². The van der Waals surface area contributed by atoms with Crippen LogP contribution in [0.3, 0.4) is 0 Å². The van der Waals surface area contributed by atoms with Gasteiger partial charge in [0.1, 0.15) is 0 Å². The van der Waals surface area contributed by atoms with Crippen LogP contribution in [0.4, 0.5) is 0 Å². The summed E-state index contributed by atoms with van der Waals surface area (Å²) in [4.78, 5) is 4.58. The predicted molar refractivity (Wildman–Crippen MR) is 92.2 cm³/mol. The molecule has 0 spiro atoms. The average molecular weight is 307 g/mol. The maximum absolute atomic E-state index is 5.50. The van der Waals surface area contributed by atoms with Crippen LogP contribution in [0.15, 0.2) is 53.1 Å². The van der Waals surface area contributed by atoms with Gasteiger partial charge in [0.15, 0.2) is 0 Å². The number of hydrogen-bond acceptors (Lipinski definition) is 4. The third kappa shape index (κ3) is 3.48. The number of rotatable bonds is 6. The Morgan fingerprint density at radius 2 is 1.83 bits per heavy atom. The van der Waals surface area contributed by atoms with Crippen LogP contribution in [0.25, 0.3) is 22.8 Å². The van der Waals surface area contributed by atoms with Gasteiger partial charge in [0, 0.05) is 11.1 Å². The van der Waals surface area contributed by atoms with Crippen LogP contribution >= 0.6 is 0 Å². The van der Waals surface area contributed by atoms with Crippen LogP contribution < -0.4 is 5.32 Å². The van der Waals surface area contributed by atoms with E-state index in [-0.39, 0.29) is 0 Å². The van der Waals surface area contributed by atoms with E-state index < -0.39 is 0 Å². The summed E-state index contributed by atoms with van der Waals surface area (Å²) >= 11 is 0. The van der Waals surface area contributed by atoms with Crippen molar-refractivity contribution in [3.63, 3.8) is 0 Å². The lowest BCUT2D eigenvalue weighted by molar-refractivity contribution is 0.432. The molecule has 0 atom stereocenters. The summed E-state index contributed by atoms with van der Waals surface area (Å²) < 4.78 is 5.50. The molecule has 0 bridgehead atoms. The molecule has 23 heavy (non-hydrogen) atoms. The van der Waals surface area contributed by atoms with E-state index in [2.05, 4.69) is 40.6 Å². The van der Waals surface area contributed by atoms with Crippen LogP contribution in [-0.4, -0.2) is 23.7 Å². The number of likely N-dealkylation sites (N-methyl/N-ethyl adjacent to an activating group) is 1. The van der Waals surface area contributed by atoms with E-state index in [1.165, 1.54) is 11.1 Å².